The number of benzene rings is 1. The first-order valence-corrected chi connectivity index (χ1v) is 9.62. The lowest BCUT2D eigenvalue weighted by Gasteiger charge is -2.33. The molecule has 1 aromatic rings. The van der Waals surface area contributed by atoms with E-state index in [0.717, 1.165) is 24.2 Å². The molecule has 146 valence electrons. The number of para-hydroxylation sites is 1. The number of carbonyl (C=O) groups excluding carboxylic acids is 2. The monoisotopic (exact) mass is 374 g/mol. The smallest absolute Gasteiger partial charge is 0.409 e. The van der Waals surface area contributed by atoms with Crippen LogP contribution in [0.25, 0.3) is 0 Å². The molecular weight excluding hydrogens is 348 g/mol. The Morgan fingerprint density at radius 2 is 2.04 bits per heavy atom. The van der Waals surface area contributed by atoms with E-state index in [0.29, 0.717) is 26.3 Å². The first-order valence-electron chi connectivity index (χ1n) is 9.62. The number of nitrogens with one attached hydrogen (secondary N) is 3. The molecule has 0 aromatic heterocycles. The van der Waals surface area contributed by atoms with Crippen molar-refractivity contribution in [1.29, 1.82) is 0 Å². The Balaban J connectivity index is 1.32. The lowest BCUT2D eigenvalue weighted by Crippen LogP contribution is -2.53. The summed E-state index contributed by atoms with van der Waals surface area (Å²) in [6.07, 6.45) is 1.20. The number of fused-ring (bicyclic) bond motifs is 3. The third-order valence-corrected chi connectivity index (χ3v) is 5.59. The average molecular weight is 374 g/mol. The number of hydrogen-bond donors (Lipinski definition) is 3. The molecule has 8 nitrogen and oxygen atoms in total. The SMILES string of the molecule is CCOC(=O)N1CCC(NC(=O)C2NNC3c4ccccc4OCC23)CC1. The van der Waals surface area contributed by atoms with Crippen LogP contribution in [0.4, 0.5) is 4.79 Å². The molecular formula is C19H26N4O4. The normalized spacial score (nSPS) is 27.3. The van der Waals surface area contributed by atoms with Gasteiger partial charge in [-0.2, -0.15) is 0 Å². The molecule has 3 atom stereocenters. The van der Waals surface area contributed by atoms with Gasteiger partial charge in [-0.1, -0.05) is 18.2 Å². The van der Waals surface area contributed by atoms with Crippen LogP contribution >= 0.6 is 0 Å². The fourth-order valence-electron chi connectivity index (χ4n) is 4.11. The van der Waals surface area contributed by atoms with Crippen molar-refractivity contribution < 1.29 is 19.1 Å². The largest absolute Gasteiger partial charge is 0.493 e. The number of likely N-dealkylation sites (tertiary alicyclic amines) is 1. The van der Waals surface area contributed by atoms with Crippen molar-refractivity contribution in [2.45, 2.75) is 37.9 Å². The molecule has 2 fully saturated rings. The van der Waals surface area contributed by atoms with Crippen LogP contribution in [0.3, 0.4) is 0 Å². The second kappa shape index (κ2) is 7.74. The van der Waals surface area contributed by atoms with E-state index in [-0.39, 0.29) is 36.0 Å². The zero-order chi connectivity index (χ0) is 18.8. The minimum atomic E-state index is -0.341. The van der Waals surface area contributed by atoms with Crippen molar-refractivity contribution in [3.05, 3.63) is 29.8 Å². The first-order chi connectivity index (χ1) is 13.2. The summed E-state index contributed by atoms with van der Waals surface area (Å²) in [6.45, 7) is 3.88. The summed E-state index contributed by atoms with van der Waals surface area (Å²) in [5.74, 6) is 0.896. The van der Waals surface area contributed by atoms with Gasteiger partial charge in [0.1, 0.15) is 11.8 Å². The van der Waals surface area contributed by atoms with Crippen LogP contribution in [0.1, 0.15) is 31.4 Å². The molecule has 3 aliphatic rings. The highest BCUT2D eigenvalue weighted by atomic mass is 16.6. The summed E-state index contributed by atoms with van der Waals surface area (Å²) in [4.78, 5) is 26.3. The van der Waals surface area contributed by atoms with Gasteiger partial charge in [-0.3, -0.25) is 4.79 Å². The fraction of sp³-hybridized carbons (Fsp3) is 0.579. The van der Waals surface area contributed by atoms with Crippen molar-refractivity contribution in [3.63, 3.8) is 0 Å². The van der Waals surface area contributed by atoms with E-state index in [1.807, 2.05) is 24.3 Å². The maximum absolute atomic E-state index is 12.8. The van der Waals surface area contributed by atoms with E-state index < -0.39 is 0 Å². The van der Waals surface area contributed by atoms with E-state index in [4.69, 9.17) is 9.47 Å². The molecule has 3 N–H and O–H groups in total. The summed E-state index contributed by atoms with van der Waals surface area (Å²) in [6, 6.07) is 7.72. The van der Waals surface area contributed by atoms with Crippen LogP contribution in [-0.2, 0) is 9.53 Å². The van der Waals surface area contributed by atoms with Crippen LogP contribution in [0.2, 0.25) is 0 Å². The van der Waals surface area contributed by atoms with Crippen LogP contribution in [0.5, 0.6) is 5.75 Å². The van der Waals surface area contributed by atoms with Gasteiger partial charge in [0.15, 0.2) is 0 Å². The predicted molar refractivity (Wildman–Crippen MR) is 98.0 cm³/mol. The standard InChI is InChI=1S/C19H26N4O4/c1-2-26-19(25)23-9-7-12(8-10-23)20-18(24)17-14-11-27-15-6-4-3-5-13(15)16(14)21-22-17/h3-6,12,14,16-17,21-22H,2,7-11H2,1H3,(H,20,24). The first kappa shape index (κ1) is 18.1. The summed E-state index contributed by atoms with van der Waals surface area (Å²) in [5, 5.41) is 3.13. The highest BCUT2D eigenvalue weighted by molar-refractivity contribution is 5.83. The van der Waals surface area contributed by atoms with Gasteiger partial charge in [0.05, 0.1) is 19.3 Å². The van der Waals surface area contributed by atoms with Gasteiger partial charge in [-0.15, -0.1) is 0 Å². The second-order valence-corrected chi connectivity index (χ2v) is 7.23. The Kier molecular flexibility index (Phi) is 5.18. The van der Waals surface area contributed by atoms with Gasteiger partial charge in [-0.25, -0.2) is 15.6 Å². The quantitative estimate of drug-likeness (QED) is 0.730. The van der Waals surface area contributed by atoms with Crippen LogP contribution in [0, 0.1) is 5.92 Å². The third kappa shape index (κ3) is 3.59. The van der Waals surface area contributed by atoms with Crippen LogP contribution in [-0.4, -0.2) is 55.3 Å². The minimum Gasteiger partial charge on any atom is -0.493 e. The number of amides is 2. The molecule has 0 radical (unpaired) electrons. The molecule has 27 heavy (non-hydrogen) atoms. The van der Waals surface area contributed by atoms with Crippen molar-refractivity contribution in [1.82, 2.24) is 21.1 Å². The molecule has 3 heterocycles. The van der Waals surface area contributed by atoms with E-state index in [1.165, 1.54) is 0 Å². The Morgan fingerprint density at radius 3 is 2.81 bits per heavy atom. The van der Waals surface area contributed by atoms with Gasteiger partial charge in [0, 0.05) is 30.6 Å². The van der Waals surface area contributed by atoms with Crippen molar-refractivity contribution in [2.24, 2.45) is 5.92 Å². The zero-order valence-corrected chi connectivity index (χ0v) is 15.4. The summed E-state index contributed by atoms with van der Waals surface area (Å²) < 4.78 is 10.9. The molecule has 2 saturated heterocycles. The molecule has 2 amide bonds. The van der Waals surface area contributed by atoms with Gasteiger partial charge >= 0.3 is 6.09 Å². The number of carbonyl (C=O) groups is 2. The second-order valence-electron chi connectivity index (χ2n) is 7.23. The zero-order valence-electron chi connectivity index (χ0n) is 15.4. The summed E-state index contributed by atoms with van der Waals surface area (Å²) in [7, 11) is 0. The fourth-order valence-corrected chi connectivity index (χ4v) is 4.11. The molecule has 8 heteroatoms. The molecule has 4 rings (SSSR count). The number of rotatable bonds is 3. The average Bonchev–Trinajstić information content (AvgIpc) is 3.13. The summed E-state index contributed by atoms with van der Waals surface area (Å²) >= 11 is 0. The van der Waals surface area contributed by atoms with Gasteiger partial charge in [-0.05, 0) is 25.8 Å². The van der Waals surface area contributed by atoms with Gasteiger partial charge < -0.3 is 19.7 Å². The predicted octanol–water partition coefficient (Wildman–Crippen LogP) is 0.950. The summed E-state index contributed by atoms with van der Waals surface area (Å²) in [5.41, 5.74) is 7.49. The molecule has 3 unspecified atom stereocenters. The Hall–Kier alpha value is -2.32. The molecule has 0 bridgehead atoms. The molecule has 3 aliphatic heterocycles. The van der Waals surface area contributed by atoms with Crippen molar-refractivity contribution in [2.75, 3.05) is 26.3 Å². The number of hydrazine groups is 1. The van der Waals surface area contributed by atoms with Crippen molar-refractivity contribution >= 4 is 12.0 Å². The molecule has 1 aromatic carbocycles. The van der Waals surface area contributed by atoms with Crippen molar-refractivity contribution in [3.8, 4) is 5.75 Å². The van der Waals surface area contributed by atoms with Gasteiger partial charge in [0.2, 0.25) is 5.91 Å². The molecule has 0 spiro atoms. The number of hydrogen-bond acceptors (Lipinski definition) is 6. The number of ether oxygens (including phenoxy) is 2. The highest BCUT2D eigenvalue weighted by Crippen LogP contribution is 2.38. The number of nitrogens with zero attached hydrogens (tertiary/aromatic N) is 1. The minimum absolute atomic E-state index is 0.0208. The third-order valence-electron chi connectivity index (χ3n) is 5.59. The maximum Gasteiger partial charge on any atom is 0.409 e. The number of piperidine rings is 1. The highest BCUT2D eigenvalue weighted by Gasteiger charge is 2.45. The lowest BCUT2D eigenvalue weighted by atomic mass is 9.87. The Bertz CT molecular complexity index is 705. The van der Waals surface area contributed by atoms with Gasteiger partial charge in [0.25, 0.3) is 0 Å². The molecule has 0 aliphatic carbocycles. The van der Waals surface area contributed by atoms with Crippen LogP contribution < -0.4 is 20.9 Å². The van der Waals surface area contributed by atoms with E-state index in [1.54, 1.807) is 11.8 Å². The molecule has 0 saturated carbocycles. The Morgan fingerprint density at radius 1 is 1.26 bits per heavy atom. The van der Waals surface area contributed by atoms with Crippen LogP contribution in [0.15, 0.2) is 24.3 Å². The topological polar surface area (TPSA) is 91.9 Å². The van der Waals surface area contributed by atoms with E-state index in [9.17, 15) is 9.59 Å². The van der Waals surface area contributed by atoms with E-state index >= 15 is 0 Å². The lowest BCUT2D eigenvalue weighted by molar-refractivity contribution is -0.125. The van der Waals surface area contributed by atoms with E-state index in [2.05, 4.69) is 16.2 Å². The maximum atomic E-state index is 12.8. The Labute approximate surface area is 158 Å².